The molecule has 4 amide bonds. The third-order valence-corrected chi connectivity index (χ3v) is 10.1. The standard InChI is InChI=1S/C36H34ClFN2O5/c1-2-44-31-16-22(15-30(37)32(31)45-20-21-4-3-5-27(38)13-21)14-29-33(41)39-35(43)40(34(29)42)28-8-6-26(7-9-28)36-17-23-10-24(18-36)12-25(11-23)19-36/h3-9,13-16,23-25H,2,10-12,17-20H2,1H3,(H,39,41,43)/b29-14+. The molecule has 4 bridgehead atoms. The van der Waals surface area contributed by atoms with Gasteiger partial charge in [-0.2, -0.15) is 0 Å². The van der Waals surface area contributed by atoms with E-state index in [4.69, 9.17) is 21.1 Å². The van der Waals surface area contributed by atoms with Crippen LogP contribution >= 0.6 is 11.6 Å². The lowest BCUT2D eigenvalue weighted by atomic mass is 9.48. The van der Waals surface area contributed by atoms with Crippen LogP contribution in [0.2, 0.25) is 5.02 Å². The van der Waals surface area contributed by atoms with Crippen molar-refractivity contribution in [1.29, 1.82) is 0 Å². The number of nitrogens with one attached hydrogen (secondary N) is 1. The van der Waals surface area contributed by atoms with Crippen molar-refractivity contribution in [3.8, 4) is 11.5 Å². The van der Waals surface area contributed by atoms with Gasteiger partial charge in [0.15, 0.2) is 11.5 Å². The molecule has 0 radical (unpaired) electrons. The Hall–Kier alpha value is -4.17. The number of imide groups is 2. The van der Waals surface area contributed by atoms with Gasteiger partial charge in [0.25, 0.3) is 11.8 Å². The van der Waals surface area contributed by atoms with Crippen LogP contribution in [0.25, 0.3) is 6.08 Å². The molecule has 9 heteroatoms. The van der Waals surface area contributed by atoms with Crippen LogP contribution in [-0.2, 0) is 21.6 Å². The second-order valence-corrected chi connectivity index (χ2v) is 13.3. The number of barbiturate groups is 1. The molecule has 4 aliphatic carbocycles. The number of hydrogen-bond acceptors (Lipinski definition) is 5. The topological polar surface area (TPSA) is 84.9 Å². The first-order valence-electron chi connectivity index (χ1n) is 15.6. The van der Waals surface area contributed by atoms with Crippen molar-refractivity contribution in [2.45, 2.75) is 57.5 Å². The second kappa shape index (κ2) is 11.6. The smallest absolute Gasteiger partial charge is 0.335 e. The fraction of sp³-hybridized carbons (Fsp3) is 0.361. The summed E-state index contributed by atoms with van der Waals surface area (Å²) in [5.41, 5.74) is 2.67. The highest BCUT2D eigenvalue weighted by Gasteiger charge is 2.51. The molecule has 0 spiro atoms. The van der Waals surface area contributed by atoms with E-state index in [1.54, 1.807) is 31.2 Å². The SMILES string of the molecule is CCOc1cc(/C=C2\C(=O)NC(=O)N(c3ccc(C45CC6CC(CC(C6)C4)C5)cc3)C2=O)cc(Cl)c1OCc1cccc(F)c1. The normalized spacial score (nSPS) is 26.4. The fourth-order valence-corrected chi connectivity index (χ4v) is 8.62. The number of anilines is 1. The Kier molecular flexibility index (Phi) is 7.64. The quantitative estimate of drug-likeness (QED) is 0.205. The molecule has 1 aliphatic heterocycles. The van der Waals surface area contributed by atoms with Gasteiger partial charge in [-0.1, -0.05) is 35.9 Å². The molecule has 5 fully saturated rings. The predicted molar refractivity (Wildman–Crippen MR) is 169 cm³/mol. The van der Waals surface area contributed by atoms with E-state index < -0.39 is 17.8 Å². The highest BCUT2D eigenvalue weighted by Crippen LogP contribution is 2.60. The summed E-state index contributed by atoms with van der Waals surface area (Å²) in [5.74, 6) is 1.04. The van der Waals surface area contributed by atoms with Crippen LogP contribution in [0, 0.1) is 23.6 Å². The average molecular weight is 629 g/mol. The molecule has 232 valence electrons. The largest absolute Gasteiger partial charge is 0.490 e. The van der Waals surface area contributed by atoms with Crippen LogP contribution in [0.1, 0.15) is 62.1 Å². The van der Waals surface area contributed by atoms with Crippen molar-refractivity contribution in [3.63, 3.8) is 0 Å². The minimum Gasteiger partial charge on any atom is -0.490 e. The lowest BCUT2D eigenvalue weighted by Crippen LogP contribution is -2.54. The van der Waals surface area contributed by atoms with E-state index in [0.29, 0.717) is 29.2 Å². The third-order valence-electron chi connectivity index (χ3n) is 9.79. The van der Waals surface area contributed by atoms with Crippen molar-refractivity contribution in [2.75, 3.05) is 11.5 Å². The number of nitrogens with zero attached hydrogens (tertiary/aromatic N) is 1. The monoisotopic (exact) mass is 628 g/mol. The summed E-state index contributed by atoms with van der Waals surface area (Å²) in [7, 11) is 0. The molecule has 0 unspecified atom stereocenters. The van der Waals surface area contributed by atoms with Crippen molar-refractivity contribution in [3.05, 3.63) is 93.8 Å². The maximum atomic E-state index is 13.7. The first kappa shape index (κ1) is 29.5. The van der Waals surface area contributed by atoms with Gasteiger partial charge in [-0.3, -0.25) is 14.9 Å². The van der Waals surface area contributed by atoms with Gasteiger partial charge in [-0.15, -0.1) is 0 Å². The lowest BCUT2D eigenvalue weighted by Gasteiger charge is -2.57. The predicted octanol–water partition coefficient (Wildman–Crippen LogP) is 7.59. The zero-order valence-electron chi connectivity index (χ0n) is 25.0. The van der Waals surface area contributed by atoms with Gasteiger partial charge in [0.05, 0.1) is 17.3 Å². The number of carbonyl (C=O) groups is 3. The minimum atomic E-state index is -0.799. The molecule has 7 nitrogen and oxygen atoms in total. The van der Waals surface area contributed by atoms with Crippen LogP contribution in [0.4, 0.5) is 14.9 Å². The number of halogens is 2. The number of ether oxygens (including phenoxy) is 2. The summed E-state index contributed by atoms with van der Waals surface area (Å²) < 4.78 is 25.3. The van der Waals surface area contributed by atoms with Crippen molar-refractivity contribution in [2.24, 2.45) is 17.8 Å². The van der Waals surface area contributed by atoms with E-state index in [0.717, 1.165) is 22.7 Å². The van der Waals surface area contributed by atoms with Crippen LogP contribution in [0.3, 0.4) is 0 Å². The van der Waals surface area contributed by atoms with Crippen molar-refractivity contribution >= 4 is 41.2 Å². The Morgan fingerprint density at radius 2 is 1.64 bits per heavy atom. The zero-order valence-corrected chi connectivity index (χ0v) is 25.7. The van der Waals surface area contributed by atoms with Gasteiger partial charge >= 0.3 is 6.03 Å². The molecular formula is C36H34ClFN2O5. The summed E-state index contributed by atoms with van der Waals surface area (Å²) >= 11 is 6.57. The summed E-state index contributed by atoms with van der Waals surface area (Å²) in [4.78, 5) is 40.5. The van der Waals surface area contributed by atoms with Crippen molar-refractivity contribution in [1.82, 2.24) is 5.32 Å². The van der Waals surface area contributed by atoms with E-state index in [9.17, 15) is 18.8 Å². The number of hydrogen-bond donors (Lipinski definition) is 1. The Morgan fingerprint density at radius 3 is 2.29 bits per heavy atom. The second-order valence-electron chi connectivity index (χ2n) is 12.9. The molecule has 5 aliphatic rings. The molecular weight excluding hydrogens is 595 g/mol. The zero-order chi connectivity index (χ0) is 31.3. The highest BCUT2D eigenvalue weighted by atomic mass is 35.5. The van der Waals surface area contributed by atoms with Gasteiger partial charge in [0.2, 0.25) is 0 Å². The van der Waals surface area contributed by atoms with E-state index >= 15 is 0 Å². The number of benzene rings is 3. The first-order valence-corrected chi connectivity index (χ1v) is 15.9. The highest BCUT2D eigenvalue weighted by molar-refractivity contribution is 6.39. The summed E-state index contributed by atoms with van der Waals surface area (Å²) in [6.07, 6.45) is 9.07. The summed E-state index contributed by atoms with van der Waals surface area (Å²) in [5, 5.41) is 2.48. The molecule has 4 saturated carbocycles. The molecule has 1 saturated heterocycles. The molecule has 8 rings (SSSR count). The van der Waals surface area contributed by atoms with Gasteiger partial charge in [0.1, 0.15) is 18.0 Å². The van der Waals surface area contributed by atoms with Gasteiger partial charge < -0.3 is 9.47 Å². The third kappa shape index (κ3) is 5.61. The maximum Gasteiger partial charge on any atom is 0.335 e. The van der Waals surface area contributed by atoms with E-state index in [2.05, 4.69) is 17.4 Å². The van der Waals surface area contributed by atoms with Crippen molar-refractivity contribution < 1.29 is 28.2 Å². The Morgan fingerprint density at radius 1 is 0.956 bits per heavy atom. The van der Waals surface area contributed by atoms with Crippen LogP contribution in [0.5, 0.6) is 11.5 Å². The van der Waals surface area contributed by atoms with Gasteiger partial charge in [-0.05, 0) is 128 Å². The fourth-order valence-electron chi connectivity index (χ4n) is 8.34. The average Bonchev–Trinajstić information content (AvgIpc) is 2.99. The number of rotatable bonds is 8. The molecule has 3 aromatic rings. The van der Waals surface area contributed by atoms with Gasteiger partial charge in [-0.25, -0.2) is 14.1 Å². The van der Waals surface area contributed by atoms with E-state index in [1.807, 2.05) is 12.1 Å². The minimum absolute atomic E-state index is 0.0532. The van der Waals surface area contributed by atoms with Gasteiger partial charge in [0, 0.05) is 0 Å². The molecule has 45 heavy (non-hydrogen) atoms. The Labute approximate surface area is 266 Å². The molecule has 1 N–H and O–H groups in total. The summed E-state index contributed by atoms with van der Waals surface area (Å²) in [6.45, 7) is 2.15. The molecule has 0 atom stereocenters. The van der Waals surface area contributed by atoms with E-state index in [-0.39, 0.29) is 34.2 Å². The molecule has 3 aromatic carbocycles. The van der Waals surface area contributed by atoms with Crippen LogP contribution < -0.4 is 19.7 Å². The first-order chi connectivity index (χ1) is 21.7. The Bertz CT molecular complexity index is 1680. The molecule has 0 aromatic heterocycles. The Balaban J connectivity index is 1.14. The summed E-state index contributed by atoms with van der Waals surface area (Å²) in [6, 6.07) is 16.1. The number of amides is 4. The number of urea groups is 1. The maximum absolute atomic E-state index is 13.7. The van der Waals surface area contributed by atoms with E-state index in [1.165, 1.54) is 62.3 Å². The van der Waals surface area contributed by atoms with Crippen LogP contribution in [-0.4, -0.2) is 24.5 Å². The lowest BCUT2D eigenvalue weighted by molar-refractivity contribution is -0.122. The molecule has 1 heterocycles. The number of carbonyl (C=O) groups excluding carboxylic acids is 3. The van der Waals surface area contributed by atoms with Crippen LogP contribution in [0.15, 0.2) is 66.2 Å².